The number of hydrogen-bond acceptors (Lipinski definition) is 4. The molecule has 0 bridgehead atoms. The first-order chi connectivity index (χ1) is 8.96. The number of benzene rings is 1. The van der Waals surface area contributed by atoms with E-state index >= 15 is 0 Å². The van der Waals surface area contributed by atoms with Gasteiger partial charge in [0.05, 0.1) is 17.9 Å². The number of hydrogen-bond donors (Lipinski definition) is 2. The number of para-hydroxylation sites is 1. The topological polar surface area (TPSA) is 83.5 Å². The highest BCUT2D eigenvalue weighted by Crippen LogP contribution is 2.17. The molecule has 1 amide bonds. The van der Waals surface area contributed by atoms with E-state index in [2.05, 4.69) is 5.32 Å². The summed E-state index contributed by atoms with van der Waals surface area (Å²) in [6, 6.07) is 6.61. The Morgan fingerprint density at radius 1 is 1.26 bits per heavy atom. The molecule has 2 N–H and O–H groups in total. The maximum Gasteiger partial charge on any atom is 0.224 e. The molecule has 1 aliphatic heterocycles. The first kappa shape index (κ1) is 13.9. The van der Waals surface area contributed by atoms with Crippen LogP contribution in [0.5, 0.6) is 5.75 Å². The van der Waals surface area contributed by atoms with Crippen LogP contribution in [0.25, 0.3) is 0 Å². The molecule has 0 saturated carbocycles. The van der Waals surface area contributed by atoms with Crippen molar-refractivity contribution in [2.75, 3.05) is 11.5 Å². The maximum absolute atomic E-state index is 11.8. The van der Waals surface area contributed by atoms with Gasteiger partial charge in [-0.3, -0.25) is 4.79 Å². The number of nitrogens with one attached hydrogen (secondary N) is 1. The highest BCUT2D eigenvalue weighted by molar-refractivity contribution is 7.91. The van der Waals surface area contributed by atoms with Gasteiger partial charge in [-0.25, -0.2) is 8.42 Å². The first-order valence-electron chi connectivity index (χ1n) is 6.23. The lowest BCUT2D eigenvalue weighted by atomic mass is 10.1. The van der Waals surface area contributed by atoms with Gasteiger partial charge in [-0.15, -0.1) is 0 Å². The van der Waals surface area contributed by atoms with Gasteiger partial charge in [0.25, 0.3) is 0 Å². The van der Waals surface area contributed by atoms with Crippen LogP contribution in [0, 0.1) is 0 Å². The number of phenolic OH excluding ortho intramolecular Hbond substituents is 1. The molecule has 104 valence electrons. The first-order valence-corrected chi connectivity index (χ1v) is 8.05. The monoisotopic (exact) mass is 283 g/mol. The van der Waals surface area contributed by atoms with Crippen molar-refractivity contribution in [3.63, 3.8) is 0 Å². The van der Waals surface area contributed by atoms with Crippen molar-refractivity contribution in [3.05, 3.63) is 29.8 Å². The number of sulfone groups is 1. The lowest BCUT2D eigenvalue weighted by Gasteiger charge is -2.23. The van der Waals surface area contributed by atoms with E-state index in [1.54, 1.807) is 18.2 Å². The Labute approximate surface area is 112 Å². The van der Waals surface area contributed by atoms with Crippen LogP contribution in [0.1, 0.15) is 18.4 Å². The average Bonchev–Trinajstić information content (AvgIpc) is 2.35. The van der Waals surface area contributed by atoms with Gasteiger partial charge in [-0.2, -0.15) is 0 Å². The number of carbonyl (C=O) groups is 1. The SMILES string of the molecule is O=C(Cc1ccccc1O)NC1CCS(=O)(=O)CC1. The molecule has 1 fully saturated rings. The lowest BCUT2D eigenvalue weighted by molar-refractivity contribution is -0.121. The Hall–Kier alpha value is -1.56. The molecule has 0 atom stereocenters. The van der Waals surface area contributed by atoms with Crippen LogP contribution in [-0.4, -0.2) is 37.0 Å². The van der Waals surface area contributed by atoms with Crippen LogP contribution in [-0.2, 0) is 21.1 Å². The predicted molar refractivity (Wildman–Crippen MR) is 71.6 cm³/mol. The molecule has 19 heavy (non-hydrogen) atoms. The summed E-state index contributed by atoms with van der Waals surface area (Å²) >= 11 is 0. The Morgan fingerprint density at radius 3 is 2.53 bits per heavy atom. The van der Waals surface area contributed by atoms with Gasteiger partial charge in [0, 0.05) is 11.6 Å². The molecule has 0 spiro atoms. The van der Waals surface area contributed by atoms with E-state index in [0.29, 0.717) is 18.4 Å². The summed E-state index contributed by atoms with van der Waals surface area (Å²) in [6.45, 7) is 0. The number of carbonyl (C=O) groups excluding carboxylic acids is 1. The van der Waals surface area contributed by atoms with E-state index < -0.39 is 9.84 Å². The second kappa shape index (κ2) is 5.61. The standard InChI is InChI=1S/C13H17NO4S/c15-12-4-2-1-3-10(12)9-13(16)14-11-5-7-19(17,18)8-6-11/h1-4,11,15H,5-9H2,(H,14,16). The third kappa shape index (κ3) is 3.96. The molecule has 5 nitrogen and oxygen atoms in total. The molecule has 0 radical (unpaired) electrons. The van der Waals surface area contributed by atoms with Crippen molar-refractivity contribution in [2.24, 2.45) is 0 Å². The number of amides is 1. The molecule has 1 saturated heterocycles. The Balaban J connectivity index is 1.87. The number of aromatic hydroxyl groups is 1. The molecule has 1 aliphatic rings. The van der Waals surface area contributed by atoms with Gasteiger partial charge < -0.3 is 10.4 Å². The van der Waals surface area contributed by atoms with Gasteiger partial charge in [-0.05, 0) is 18.9 Å². The van der Waals surface area contributed by atoms with Crippen LogP contribution in [0.4, 0.5) is 0 Å². The third-order valence-corrected chi connectivity index (χ3v) is 4.98. The Bertz CT molecular complexity index is 554. The van der Waals surface area contributed by atoms with Gasteiger partial charge in [0.2, 0.25) is 5.91 Å². The van der Waals surface area contributed by atoms with Crippen molar-refractivity contribution in [1.82, 2.24) is 5.32 Å². The smallest absolute Gasteiger partial charge is 0.224 e. The molecule has 0 unspecified atom stereocenters. The summed E-state index contributed by atoms with van der Waals surface area (Å²) in [5.74, 6) is 0.179. The van der Waals surface area contributed by atoms with Gasteiger partial charge in [0.15, 0.2) is 0 Å². The van der Waals surface area contributed by atoms with E-state index in [1.807, 2.05) is 0 Å². The fraction of sp³-hybridized carbons (Fsp3) is 0.462. The fourth-order valence-corrected chi connectivity index (χ4v) is 3.64. The molecule has 1 aromatic carbocycles. The van der Waals surface area contributed by atoms with Crippen molar-refractivity contribution >= 4 is 15.7 Å². The highest BCUT2D eigenvalue weighted by atomic mass is 32.2. The highest BCUT2D eigenvalue weighted by Gasteiger charge is 2.24. The summed E-state index contributed by atoms with van der Waals surface area (Å²) in [7, 11) is -2.91. The molecule has 2 rings (SSSR count). The van der Waals surface area contributed by atoms with E-state index in [4.69, 9.17) is 0 Å². The zero-order valence-electron chi connectivity index (χ0n) is 10.5. The fourth-order valence-electron chi connectivity index (χ4n) is 2.15. The molecule has 0 aromatic heterocycles. The minimum atomic E-state index is -2.91. The summed E-state index contributed by atoms with van der Waals surface area (Å²) in [4.78, 5) is 11.8. The van der Waals surface area contributed by atoms with Crippen molar-refractivity contribution in [1.29, 1.82) is 0 Å². The third-order valence-electron chi connectivity index (χ3n) is 3.26. The molecule has 6 heteroatoms. The van der Waals surface area contributed by atoms with Gasteiger partial charge in [-0.1, -0.05) is 18.2 Å². The molecular weight excluding hydrogens is 266 g/mol. The zero-order valence-corrected chi connectivity index (χ0v) is 11.3. The van der Waals surface area contributed by atoms with Gasteiger partial charge >= 0.3 is 0 Å². The van der Waals surface area contributed by atoms with E-state index in [9.17, 15) is 18.3 Å². The number of rotatable bonds is 3. The summed E-state index contributed by atoms with van der Waals surface area (Å²) in [5.41, 5.74) is 0.573. The van der Waals surface area contributed by atoms with Crippen LogP contribution in [0.2, 0.25) is 0 Å². The van der Waals surface area contributed by atoms with Gasteiger partial charge in [0.1, 0.15) is 15.6 Å². The molecule has 0 aliphatic carbocycles. The Morgan fingerprint density at radius 2 is 1.89 bits per heavy atom. The van der Waals surface area contributed by atoms with Crippen molar-refractivity contribution < 1.29 is 18.3 Å². The maximum atomic E-state index is 11.8. The summed E-state index contributed by atoms with van der Waals surface area (Å²) < 4.78 is 22.5. The van der Waals surface area contributed by atoms with Crippen LogP contribution < -0.4 is 5.32 Å². The normalized spacial score (nSPS) is 18.9. The van der Waals surface area contributed by atoms with Crippen molar-refractivity contribution in [2.45, 2.75) is 25.3 Å². The second-order valence-electron chi connectivity index (χ2n) is 4.80. The van der Waals surface area contributed by atoms with Crippen LogP contribution in [0.15, 0.2) is 24.3 Å². The lowest BCUT2D eigenvalue weighted by Crippen LogP contribution is -2.41. The molecular formula is C13H17NO4S. The predicted octanol–water partition coefficient (Wildman–Crippen LogP) is 0.628. The Kier molecular flexibility index (Phi) is 4.09. The largest absolute Gasteiger partial charge is 0.508 e. The summed E-state index contributed by atoms with van der Waals surface area (Å²) in [6.07, 6.45) is 1.04. The zero-order chi connectivity index (χ0) is 13.9. The van der Waals surface area contributed by atoms with Crippen LogP contribution >= 0.6 is 0 Å². The van der Waals surface area contributed by atoms with E-state index in [-0.39, 0.29) is 35.6 Å². The molecule has 1 heterocycles. The van der Waals surface area contributed by atoms with E-state index in [0.717, 1.165) is 0 Å². The minimum Gasteiger partial charge on any atom is -0.508 e. The van der Waals surface area contributed by atoms with Crippen molar-refractivity contribution in [3.8, 4) is 5.75 Å². The second-order valence-corrected chi connectivity index (χ2v) is 7.10. The van der Waals surface area contributed by atoms with Crippen LogP contribution in [0.3, 0.4) is 0 Å². The average molecular weight is 283 g/mol. The van der Waals surface area contributed by atoms with E-state index in [1.165, 1.54) is 6.07 Å². The molecule has 1 aromatic rings. The summed E-state index contributed by atoms with van der Waals surface area (Å²) in [5, 5.41) is 12.4. The minimum absolute atomic E-state index is 0.0816. The number of phenols is 1. The quantitative estimate of drug-likeness (QED) is 0.852.